The molecule has 23 heavy (non-hydrogen) atoms. The second-order valence-corrected chi connectivity index (χ2v) is 5.47. The Morgan fingerprint density at radius 3 is 2.26 bits per heavy atom. The van der Waals surface area contributed by atoms with Crippen molar-refractivity contribution in [1.29, 1.82) is 0 Å². The van der Waals surface area contributed by atoms with Gasteiger partial charge in [0.2, 0.25) is 0 Å². The van der Waals surface area contributed by atoms with Crippen LogP contribution in [0.4, 0.5) is 0 Å². The molecule has 2 rings (SSSR count). The molecule has 0 aromatic heterocycles. The van der Waals surface area contributed by atoms with Gasteiger partial charge in [-0.05, 0) is 48.4 Å². The van der Waals surface area contributed by atoms with Gasteiger partial charge in [0, 0.05) is 11.6 Å². The second kappa shape index (κ2) is 8.44. The highest BCUT2D eigenvalue weighted by molar-refractivity contribution is 6.30. The summed E-state index contributed by atoms with van der Waals surface area (Å²) in [5.74, 6) is 1.25. The monoisotopic (exact) mass is 333 g/mol. The summed E-state index contributed by atoms with van der Waals surface area (Å²) < 4.78 is 10.8. The lowest BCUT2D eigenvalue weighted by atomic mass is 10.2. The van der Waals surface area contributed by atoms with Gasteiger partial charge in [-0.15, -0.1) is 0 Å². The minimum absolute atomic E-state index is 0.140. The maximum Gasteiger partial charge on any atom is 0.261 e. The van der Waals surface area contributed by atoms with Gasteiger partial charge < -0.3 is 14.8 Å². The standard InChI is InChI=1S/C18H20ClNO3/c1-3-17(23-16-10-8-15(22-2)9-11-16)18(21)20-12-13-4-6-14(19)7-5-13/h4-11,17H,3,12H2,1-2H3,(H,20,21)/t17-/m1/s1. The first-order chi connectivity index (χ1) is 11.1. The average Bonchev–Trinajstić information content (AvgIpc) is 2.59. The van der Waals surface area contributed by atoms with Gasteiger partial charge in [0.05, 0.1) is 7.11 Å². The van der Waals surface area contributed by atoms with E-state index in [4.69, 9.17) is 21.1 Å². The van der Waals surface area contributed by atoms with E-state index in [1.54, 1.807) is 43.5 Å². The second-order valence-electron chi connectivity index (χ2n) is 5.03. The maximum atomic E-state index is 12.3. The van der Waals surface area contributed by atoms with Gasteiger partial charge in [-0.3, -0.25) is 4.79 Å². The number of halogens is 1. The number of hydrogen-bond donors (Lipinski definition) is 1. The van der Waals surface area contributed by atoms with E-state index >= 15 is 0 Å². The number of benzene rings is 2. The van der Waals surface area contributed by atoms with E-state index in [-0.39, 0.29) is 5.91 Å². The molecule has 2 aromatic rings. The fourth-order valence-electron chi connectivity index (χ4n) is 2.05. The minimum atomic E-state index is -0.532. The first-order valence-corrected chi connectivity index (χ1v) is 7.83. The molecular formula is C18H20ClNO3. The molecule has 0 aliphatic heterocycles. The lowest BCUT2D eigenvalue weighted by Crippen LogP contribution is -2.37. The van der Waals surface area contributed by atoms with Crippen molar-refractivity contribution >= 4 is 17.5 Å². The van der Waals surface area contributed by atoms with E-state index in [1.807, 2.05) is 19.1 Å². The molecule has 1 atom stereocenters. The van der Waals surface area contributed by atoms with Crippen LogP contribution in [0.2, 0.25) is 5.02 Å². The van der Waals surface area contributed by atoms with E-state index in [9.17, 15) is 4.79 Å². The third-order valence-electron chi connectivity index (χ3n) is 3.38. The number of methoxy groups -OCH3 is 1. The van der Waals surface area contributed by atoms with Crippen molar-refractivity contribution in [1.82, 2.24) is 5.32 Å². The summed E-state index contributed by atoms with van der Waals surface area (Å²) in [5.41, 5.74) is 0.988. The molecule has 2 aromatic carbocycles. The fraction of sp³-hybridized carbons (Fsp3) is 0.278. The summed E-state index contributed by atoms with van der Waals surface area (Å²) in [4.78, 5) is 12.3. The van der Waals surface area contributed by atoms with Crippen LogP contribution in [0, 0.1) is 0 Å². The SMILES string of the molecule is CC[C@@H](Oc1ccc(OC)cc1)C(=O)NCc1ccc(Cl)cc1. The van der Waals surface area contributed by atoms with Gasteiger partial charge in [0.1, 0.15) is 11.5 Å². The molecule has 1 N–H and O–H groups in total. The number of ether oxygens (including phenoxy) is 2. The Bertz CT molecular complexity index is 626. The first kappa shape index (κ1) is 17.2. The Morgan fingerprint density at radius 1 is 1.09 bits per heavy atom. The van der Waals surface area contributed by atoms with Crippen molar-refractivity contribution in [3.63, 3.8) is 0 Å². The van der Waals surface area contributed by atoms with Crippen molar-refractivity contribution in [2.45, 2.75) is 26.0 Å². The summed E-state index contributed by atoms with van der Waals surface area (Å²) in [5, 5.41) is 3.56. The predicted molar refractivity (Wildman–Crippen MR) is 91.0 cm³/mol. The van der Waals surface area contributed by atoms with E-state index in [0.717, 1.165) is 11.3 Å². The first-order valence-electron chi connectivity index (χ1n) is 7.45. The number of hydrogen-bond acceptors (Lipinski definition) is 3. The number of nitrogens with one attached hydrogen (secondary N) is 1. The molecule has 0 radical (unpaired) electrons. The van der Waals surface area contributed by atoms with Crippen LogP contribution in [0.25, 0.3) is 0 Å². The Morgan fingerprint density at radius 2 is 1.70 bits per heavy atom. The largest absolute Gasteiger partial charge is 0.497 e. The highest BCUT2D eigenvalue weighted by Crippen LogP contribution is 2.19. The molecule has 4 nitrogen and oxygen atoms in total. The molecule has 0 aliphatic carbocycles. The van der Waals surface area contributed by atoms with Gasteiger partial charge in [0.25, 0.3) is 5.91 Å². The number of carbonyl (C=O) groups excluding carboxylic acids is 1. The van der Waals surface area contributed by atoms with Crippen LogP contribution in [0.1, 0.15) is 18.9 Å². The van der Waals surface area contributed by atoms with E-state index in [1.165, 1.54) is 0 Å². The Kier molecular flexibility index (Phi) is 6.29. The Hall–Kier alpha value is -2.20. The van der Waals surface area contributed by atoms with Crippen LogP contribution in [-0.4, -0.2) is 19.1 Å². The molecule has 122 valence electrons. The van der Waals surface area contributed by atoms with Gasteiger partial charge in [-0.25, -0.2) is 0 Å². The topological polar surface area (TPSA) is 47.6 Å². The molecule has 0 bridgehead atoms. The van der Waals surface area contributed by atoms with E-state index in [0.29, 0.717) is 23.7 Å². The Labute approximate surface area is 141 Å². The zero-order chi connectivity index (χ0) is 16.7. The molecule has 0 spiro atoms. The van der Waals surface area contributed by atoms with E-state index in [2.05, 4.69) is 5.32 Å². The van der Waals surface area contributed by atoms with Gasteiger partial charge in [-0.2, -0.15) is 0 Å². The molecule has 0 saturated carbocycles. The van der Waals surface area contributed by atoms with Crippen LogP contribution in [0.5, 0.6) is 11.5 Å². The quantitative estimate of drug-likeness (QED) is 0.837. The highest BCUT2D eigenvalue weighted by atomic mass is 35.5. The molecule has 0 unspecified atom stereocenters. The summed E-state index contributed by atoms with van der Waals surface area (Å²) in [6.45, 7) is 2.36. The average molecular weight is 334 g/mol. The predicted octanol–water partition coefficient (Wildman–Crippen LogP) is 3.82. The molecule has 1 amide bonds. The summed E-state index contributed by atoms with van der Waals surface area (Å²) in [7, 11) is 1.61. The number of amides is 1. The summed E-state index contributed by atoms with van der Waals surface area (Å²) >= 11 is 5.84. The molecule has 0 heterocycles. The Balaban J connectivity index is 1.90. The zero-order valence-corrected chi connectivity index (χ0v) is 14.0. The van der Waals surface area contributed by atoms with Crippen molar-refractivity contribution in [2.75, 3.05) is 7.11 Å². The highest BCUT2D eigenvalue weighted by Gasteiger charge is 2.18. The van der Waals surface area contributed by atoms with Gasteiger partial charge in [0.15, 0.2) is 6.10 Å². The van der Waals surface area contributed by atoms with Crippen LogP contribution >= 0.6 is 11.6 Å². The smallest absolute Gasteiger partial charge is 0.261 e. The van der Waals surface area contributed by atoms with Crippen LogP contribution in [0.3, 0.4) is 0 Å². The van der Waals surface area contributed by atoms with Crippen molar-refractivity contribution in [3.05, 3.63) is 59.1 Å². The minimum Gasteiger partial charge on any atom is -0.497 e. The van der Waals surface area contributed by atoms with Crippen LogP contribution < -0.4 is 14.8 Å². The third kappa shape index (κ3) is 5.18. The summed E-state index contributed by atoms with van der Waals surface area (Å²) in [6.07, 6.45) is 0.0501. The van der Waals surface area contributed by atoms with Crippen LogP contribution in [0.15, 0.2) is 48.5 Å². The molecule has 0 fully saturated rings. The number of carbonyl (C=O) groups is 1. The molecule has 0 aliphatic rings. The third-order valence-corrected chi connectivity index (χ3v) is 3.63. The van der Waals surface area contributed by atoms with Crippen molar-refractivity contribution in [3.8, 4) is 11.5 Å². The van der Waals surface area contributed by atoms with E-state index < -0.39 is 6.10 Å². The normalized spacial score (nSPS) is 11.6. The zero-order valence-electron chi connectivity index (χ0n) is 13.2. The molecule has 0 saturated heterocycles. The number of rotatable bonds is 7. The molecule has 5 heteroatoms. The lowest BCUT2D eigenvalue weighted by molar-refractivity contribution is -0.128. The van der Waals surface area contributed by atoms with Crippen LogP contribution in [-0.2, 0) is 11.3 Å². The fourth-order valence-corrected chi connectivity index (χ4v) is 2.17. The van der Waals surface area contributed by atoms with Gasteiger partial charge in [-0.1, -0.05) is 30.7 Å². The molecular weight excluding hydrogens is 314 g/mol. The summed E-state index contributed by atoms with van der Waals surface area (Å²) in [6, 6.07) is 14.5. The maximum absolute atomic E-state index is 12.3. The lowest BCUT2D eigenvalue weighted by Gasteiger charge is -2.17. The van der Waals surface area contributed by atoms with Crippen molar-refractivity contribution in [2.24, 2.45) is 0 Å². The van der Waals surface area contributed by atoms with Gasteiger partial charge >= 0.3 is 0 Å². The van der Waals surface area contributed by atoms with Crippen molar-refractivity contribution < 1.29 is 14.3 Å².